The highest BCUT2D eigenvalue weighted by atomic mass is 16.8. The molecule has 1 amide bonds. The van der Waals surface area contributed by atoms with E-state index in [4.69, 9.17) is 52.1 Å². The minimum Gasteiger partial charge on any atom is -0.459 e. The molecule has 2 unspecified atom stereocenters. The summed E-state index contributed by atoms with van der Waals surface area (Å²) in [6.07, 6.45) is -12.3. The Morgan fingerprint density at radius 3 is 2.16 bits per heavy atom. The number of likely N-dealkylation sites (N-methyl/N-ethyl adjacent to an activating group) is 1. The maximum Gasteiger partial charge on any atom is 0.509 e. The molecule has 5 aliphatic heterocycles. The van der Waals surface area contributed by atoms with Crippen LogP contribution in [-0.2, 0) is 61.7 Å². The van der Waals surface area contributed by atoms with E-state index in [0.29, 0.717) is 17.7 Å². The van der Waals surface area contributed by atoms with Crippen LogP contribution in [0.3, 0.4) is 0 Å². The number of amides is 1. The summed E-state index contributed by atoms with van der Waals surface area (Å²) >= 11 is 0. The van der Waals surface area contributed by atoms with Crippen LogP contribution in [0, 0.1) is 23.7 Å². The molecule has 5 saturated heterocycles. The monoisotopic (exact) mass is 991 g/mol. The molecule has 0 saturated carbocycles. The van der Waals surface area contributed by atoms with Gasteiger partial charge < -0.3 is 67.2 Å². The summed E-state index contributed by atoms with van der Waals surface area (Å²) in [6.45, 7) is 18.5. The maximum absolute atomic E-state index is 14.9. The Balaban J connectivity index is 1.52. The van der Waals surface area contributed by atoms with Gasteiger partial charge in [0.1, 0.15) is 23.4 Å². The number of esters is 2. The van der Waals surface area contributed by atoms with Crippen molar-refractivity contribution in [2.24, 2.45) is 28.7 Å². The Kier molecular flexibility index (Phi) is 18.0. The van der Waals surface area contributed by atoms with Crippen LogP contribution in [0.2, 0.25) is 0 Å². The molecule has 6 rings (SSSR count). The van der Waals surface area contributed by atoms with Crippen LogP contribution in [0.25, 0.3) is 0 Å². The second-order valence-electron chi connectivity index (χ2n) is 21.0. The van der Waals surface area contributed by atoms with Crippen LogP contribution < -0.4 is 0 Å². The first-order chi connectivity index (χ1) is 32.8. The summed E-state index contributed by atoms with van der Waals surface area (Å²) in [5.41, 5.74) is -3.82. The van der Waals surface area contributed by atoms with Gasteiger partial charge >= 0.3 is 18.1 Å². The van der Waals surface area contributed by atoms with E-state index >= 15 is 0 Å². The summed E-state index contributed by atoms with van der Waals surface area (Å²) < 4.78 is 70.6. The van der Waals surface area contributed by atoms with Crippen LogP contribution in [0.4, 0.5) is 4.79 Å². The molecule has 20 atom stereocenters. The lowest BCUT2D eigenvalue weighted by Gasteiger charge is -2.51. The fourth-order valence-corrected chi connectivity index (χ4v) is 11.4. The second kappa shape index (κ2) is 22.6. The third-order valence-electron chi connectivity index (χ3n) is 15.2. The van der Waals surface area contributed by atoms with E-state index in [1.807, 2.05) is 46.7 Å². The average Bonchev–Trinajstić information content (AvgIpc) is 3.66. The maximum atomic E-state index is 14.9. The molecule has 19 nitrogen and oxygen atoms in total. The summed E-state index contributed by atoms with van der Waals surface area (Å²) in [7, 11) is 5.25. The van der Waals surface area contributed by atoms with Gasteiger partial charge in [-0.1, -0.05) is 45.9 Å². The summed E-state index contributed by atoms with van der Waals surface area (Å²) in [6, 6.07) is 8.22. The number of hydrogen-bond donors (Lipinski definition) is 2. The Labute approximate surface area is 412 Å². The van der Waals surface area contributed by atoms with Gasteiger partial charge in [-0.2, -0.15) is 0 Å². The molecule has 0 aliphatic carbocycles. The van der Waals surface area contributed by atoms with Gasteiger partial charge in [0.2, 0.25) is 5.91 Å². The molecule has 394 valence electrons. The van der Waals surface area contributed by atoms with Gasteiger partial charge in [0.25, 0.3) is 0 Å². The van der Waals surface area contributed by atoms with Crippen LogP contribution in [0.5, 0.6) is 0 Å². The number of fused-ring (bicyclic) bond motifs is 6. The number of aliphatic hydroxyl groups excluding tert-OH is 1. The third-order valence-corrected chi connectivity index (χ3v) is 15.2. The zero-order valence-corrected chi connectivity index (χ0v) is 43.4. The van der Waals surface area contributed by atoms with E-state index in [1.54, 1.807) is 65.0 Å². The normalized spacial score (nSPS) is 43.8. The fraction of sp³-hybridized carbons (Fsp3) is 0.784. The first kappa shape index (κ1) is 55.7. The predicted molar refractivity (Wildman–Crippen MR) is 252 cm³/mol. The highest BCUT2D eigenvalue weighted by molar-refractivity contribution is 5.98. The van der Waals surface area contributed by atoms with Crippen molar-refractivity contribution in [2.75, 3.05) is 34.4 Å². The van der Waals surface area contributed by atoms with E-state index in [9.17, 15) is 29.4 Å². The molecular formula is C51H78N2O17. The molecule has 5 heterocycles. The zero-order valence-electron chi connectivity index (χ0n) is 43.4. The van der Waals surface area contributed by atoms with E-state index in [-0.39, 0.29) is 44.6 Å². The quantitative estimate of drug-likeness (QED) is 0.244. The molecule has 2 bridgehead atoms. The molecule has 5 aliphatic rings. The van der Waals surface area contributed by atoms with Crippen molar-refractivity contribution in [3.05, 3.63) is 35.9 Å². The molecule has 1 aromatic carbocycles. The standard InChI is InChI=1S/C51H78N2O17/c1-15-37-51(11,59)43-28(4)39(52-32(8)54)26(2)22-50(10,62-25-36-35(24-61-43)65-48(58)66-36)42(70-47-40(55)34(53(12)13)21-27(3)63-47)29(5)41(30(6)45(56)67-37)68-38-23-49(9,60-14)44(31(7)64-38)69-46(57)33-19-17-16-18-20-33/h16-20,26-31,34-38,40-44,47,55,59H,15,21-25H2,1-14H3/t26-,27-,28+,29-,30-,31+,34+,35?,36?,37-,38+,40-,41+,42-,43-,44+,47+,49-,50+,51-/m1/s1. The number of hydrogen-bond acceptors (Lipinski definition) is 18. The number of benzene rings is 1. The second-order valence-corrected chi connectivity index (χ2v) is 21.0. The van der Waals surface area contributed by atoms with Gasteiger partial charge in [0.15, 0.2) is 30.9 Å². The number of rotatable bonds is 9. The first-order valence-electron chi connectivity index (χ1n) is 24.8. The number of cyclic esters (lactones) is 1. The average molecular weight is 991 g/mol. The van der Waals surface area contributed by atoms with Crippen LogP contribution in [-0.4, -0.2) is 176 Å². The molecule has 19 heteroatoms. The van der Waals surface area contributed by atoms with Crippen molar-refractivity contribution in [3.8, 4) is 0 Å². The van der Waals surface area contributed by atoms with Gasteiger partial charge in [0, 0.05) is 44.0 Å². The molecule has 0 spiro atoms. The van der Waals surface area contributed by atoms with Crippen molar-refractivity contribution in [3.63, 3.8) is 0 Å². The lowest BCUT2D eigenvalue weighted by Crippen LogP contribution is -2.62. The van der Waals surface area contributed by atoms with Crippen LogP contribution >= 0.6 is 0 Å². The molecule has 2 N–H and O–H groups in total. The Morgan fingerprint density at radius 2 is 1.54 bits per heavy atom. The Hall–Kier alpha value is -3.63. The number of carbonyl (C=O) groups is 4. The Morgan fingerprint density at radius 1 is 0.886 bits per heavy atom. The number of methoxy groups -OCH3 is 1. The minimum atomic E-state index is -1.93. The van der Waals surface area contributed by atoms with Gasteiger partial charge in [-0.05, 0) is 93.0 Å². The van der Waals surface area contributed by atoms with Gasteiger partial charge in [-0.25, -0.2) is 14.6 Å². The molecule has 0 radical (unpaired) electrons. The first-order valence-corrected chi connectivity index (χ1v) is 24.8. The topological polar surface area (TPSA) is 226 Å². The van der Waals surface area contributed by atoms with Crippen molar-refractivity contribution in [1.29, 1.82) is 0 Å². The highest BCUT2D eigenvalue weighted by Gasteiger charge is 2.56. The summed E-state index contributed by atoms with van der Waals surface area (Å²) in [4.78, 5) is 60.8. The summed E-state index contributed by atoms with van der Waals surface area (Å²) in [5, 5.41) is 24.8. The van der Waals surface area contributed by atoms with Gasteiger partial charge in [-0.3, -0.25) is 9.59 Å². The predicted octanol–water partition coefficient (Wildman–Crippen LogP) is 5.03. The number of carbonyl (C=O) groups excluding carboxylic acids is 4. The van der Waals surface area contributed by atoms with Crippen molar-refractivity contribution >= 4 is 29.7 Å². The number of aliphatic imine (C=N–C) groups is 1. The van der Waals surface area contributed by atoms with E-state index in [0.717, 1.165) is 0 Å². The zero-order chi connectivity index (χ0) is 51.6. The largest absolute Gasteiger partial charge is 0.509 e. The Bertz CT molecular complexity index is 2000. The highest BCUT2D eigenvalue weighted by Crippen LogP contribution is 2.44. The van der Waals surface area contributed by atoms with Crippen molar-refractivity contribution in [1.82, 2.24) is 4.90 Å². The van der Waals surface area contributed by atoms with Crippen LogP contribution in [0.15, 0.2) is 35.3 Å². The molecule has 0 aromatic heterocycles. The third kappa shape index (κ3) is 12.1. The number of nitrogens with zero attached hydrogens (tertiary/aromatic N) is 2. The smallest absolute Gasteiger partial charge is 0.459 e. The van der Waals surface area contributed by atoms with E-state index in [2.05, 4.69) is 4.99 Å². The molecule has 70 heavy (non-hydrogen) atoms. The summed E-state index contributed by atoms with van der Waals surface area (Å²) in [5.74, 6) is -5.14. The number of ether oxygens (including phenoxy) is 11. The van der Waals surface area contributed by atoms with E-state index in [1.165, 1.54) is 21.0 Å². The molecule has 1 aromatic rings. The van der Waals surface area contributed by atoms with Gasteiger partial charge in [-0.15, -0.1) is 0 Å². The van der Waals surface area contributed by atoms with Crippen LogP contribution in [0.1, 0.15) is 112 Å². The lowest BCUT2D eigenvalue weighted by molar-refractivity contribution is -0.321. The minimum absolute atomic E-state index is 0.0386. The molecule has 5 fully saturated rings. The van der Waals surface area contributed by atoms with E-state index < -0.39 is 132 Å². The number of aliphatic hydroxyl groups is 2. The fourth-order valence-electron chi connectivity index (χ4n) is 11.4. The molecular weight excluding hydrogens is 913 g/mol. The van der Waals surface area contributed by atoms with Crippen molar-refractivity contribution in [2.45, 2.75) is 198 Å². The van der Waals surface area contributed by atoms with Gasteiger partial charge in [0.05, 0.1) is 60.8 Å². The SMILES string of the molecule is CC[C@H]1OC(=O)[C@H](C)[C@@H](O[C@H]2C[C@@](C)(OC)[C@@H](OC(=O)c3ccccc3)[C@H](C)O2)[C@@H](C)[C@@H](O[C@@H]2O[C@H](C)C[C@H](N(C)C)[C@H]2O)[C@]2(C)C[C@@H](C)C(=NC(C)=O)[C@H](C)[C@@H](OCC3OC(=O)OC3CO2)[C@]1(C)O. The van der Waals surface area contributed by atoms with Crippen molar-refractivity contribution < 1.29 is 81.5 Å². The lowest BCUT2D eigenvalue weighted by atomic mass is 9.73.